The normalized spacial score (nSPS) is 38.2. The third-order valence-corrected chi connectivity index (χ3v) is 1.77. The molecular weight excluding hydrogens is 173 g/mol. The zero-order valence-corrected chi connectivity index (χ0v) is 6.89. The Morgan fingerprint density at radius 3 is 2.25 bits per heavy atom. The number of rotatable bonds is 0. The molecule has 1 aliphatic rings. The van der Waals surface area contributed by atoms with Crippen molar-refractivity contribution < 1.29 is 22.6 Å². The summed E-state index contributed by atoms with van der Waals surface area (Å²) in [6.07, 6.45) is -6.72. The predicted molar refractivity (Wildman–Crippen MR) is 35.5 cm³/mol. The molecule has 0 radical (unpaired) electrons. The van der Waals surface area contributed by atoms with E-state index in [-0.39, 0.29) is 6.61 Å². The van der Waals surface area contributed by atoms with E-state index in [9.17, 15) is 13.2 Å². The van der Waals surface area contributed by atoms with Crippen molar-refractivity contribution >= 4 is 0 Å². The largest absolute Gasteiger partial charge is 0.415 e. The summed E-state index contributed by atoms with van der Waals surface area (Å²) in [4.78, 5) is 0. The van der Waals surface area contributed by atoms with E-state index in [0.29, 0.717) is 0 Å². The molecule has 0 saturated carbocycles. The highest BCUT2D eigenvalue weighted by Gasteiger charge is 2.47. The minimum Gasteiger partial charge on any atom is -0.353 e. The predicted octanol–water partition coefficient (Wildman–Crippen LogP) is 1.95. The maximum atomic E-state index is 12.2. The van der Waals surface area contributed by atoms with Crippen LogP contribution in [0.5, 0.6) is 0 Å². The van der Waals surface area contributed by atoms with Gasteiger partial charge in [0, 0.05) is 5.92 Å². The van der Waals surface area contributed by atoms with Gasteiger partial charge in [-0.25, -0.2) is 0 Å². The van der Waals surface area contributed by atoms with Crippen molar-refractivity contribution in [2.45, 2.75) is 32.4 Å². The minimum absolute atomic E-state index is 0.103. The van der Waals surface area contributed by atoms with Gasteiger partial charge in [-0.05, 0) is 6.92 Å². The van der Waals surface area contributed by atoms with E-state index in [1.807, 2.05) is 0 Å². The van der Waals surface area contributed by atoms with Crippen molar-refractivity contribution in [2.75, 3.05) is 6.61 Å². The number of ether oxygens (including phenoxy) is 2. The first-order valence-corrected chi connectivity index (χ1v) is 3.75. The monoisotopic (exact) mass is 184 g/mol. The molecule has 0 spiro atoms. The van der Waals surface area contributed by atoms with Gasteiger partial charge in [0.25, 0.3) is 0 Å². The van der Waals surface area contributed by atoms with Crippen molar-refractivity contribution in [2.24, 2.45) is 5.92 Å². The molecule has 1 aliphatic heterocycles. The molecule has 72 valence electrons. The molecule has 2 nitrogen and oxygen atoms in total. The van der Waals surface area contributed by atoms with Gasteiger partial charge in [0.2, 0.25) is 0 Å². The van der Waals surface area contributed by atoms with Gasteiger partial charge in [-0.2, -0.15) is 13.2 Å². The number of hydrogen-bond donors (Lipinski definition) is 0. The molecule has 5 heteroatoms. The van der Waals surface area contributed by atoms with Crippen molar-refractivity contribution in [3.8, 4) is 0 Å². The standard InChI is InChI=1S/C7H11F3O2/c1-4-3-11-5(2)12-6(4)7(8,9)10/h4-6H,3H2,1-2H3. The first-order valence-electron chi connectivity index (χ1n) is 3.75. The van der Waals surface area contributed by atoms with Crippen molar-refractivity contribution in [1.29, 1.82) is 0 Å². The smallest absolute Gasteiger partial charge is 0.353 e. The lowest BCUT2D eigenvalue weighted by molar-refractivity contribution is -0.314. The molecule has 3 atom stereocenters. The van der Waals surface area contributed by atoms with Crippen LogP contribution in [0.15, 0.2) is 0 Å². The van der Waals surface area contributed by atoms with Crippen LogP contribution >= 0.6 is 0 Å². The van der Waals surface area contributed by atoms with Gasteiger partial charge >= 0.3 is 6.18 Å². The van der Waals surface area contributed by atoms with E-state index < -0.39 is 24.5 Å². The Labute approximate surface area is 68.6 Å². The quantitative estimate of drug-likeness (QED) is 0.572. The van der Waals surface area contributed by atoms with Gasteiger partial charge in [-0.15, -0.1) is 0 Å². The third kappa shape index (κ3) is 2.10. The Balaban J connectivity index is 2.61. The van der Waals surface area contributed by atoms with Crippen LogP contribution in [0.2, 0.25) is 0 Å². The fourth-order valence-electron chi connectivity index (χ4n) is 1.15. The van der Waals surface area contributed by atoms with Crippen molar-refractivity contribution in [3.05, 3.63) is 0 Å². The van der Waals surface area contributed by atoms with Crippen molar-refractivity contribution in [1.82, 2.24) is 0 Å². The van der Waals surface area contributed by atoms with Gasteiger partial charge in [-0.3, -0.25) is 0 Å². The molecule has 3 unspecified atom stereocenters. The summed E-state index contributed by atoms with van der Waals surface area (Å²) in [5.74, 6) is -0.624. The molecule has 1 saturated heterocycles. The summed E-state index contributed by atoms with van der Waals surface area (Å²) < 4.78 is 46.1. The second-order valence-corrected chi connectivity index (χ2v) is 2.98. The van der Waals surface area contributed by atoms with Gasteiger partial charge in [0.05, 0.1) is 6.61 Å². The molecule has 1 fully saturated rings. The highest BCUT2D eigenvalue weighted by molar-refractivity contribution is 4.76. The lowest BCUT2D eigenvalue weighted by Gasteiger charge is -2.34. The fraction of sp³-hybridized carbons (Fsp3) is 1.00. The molecule has 0 bridgehead atoms. The van der Waals surface area contributed by atoms with E-state index in [1.165, 1.54) is 13.8 Å². The van der Waals surface area contributed by atoms with Crippen LogP contribution in [0.4, 0.5) is 13.2 Å². The van der Waals surface area contributed by atoms with Gasteiger partial charge in [0.15, 0.2) is 12.4 Å². The maximum Gasteiger partial charge on any atom is 0.415 e. The van der Waals surface area contributed by atoms with Gasteiger partial charge in [0.1, 0.15) is 0 Å². The Hall–Kier alpha value is -0.290. The average Bonchev–Trinajstić information content (AvgIpc) is 1.92. The number of alkyl halides is 3. The second kappa shape index (κ2) is 3.22. The molecule has 0 amide bonds. The van der Waals surface area contributed by atoms with E-state index in [1.54, 1.807) is 0 Å². The SMILES string of the molecule is CC1OCC(C)C(C(F)(F)F)O1. The first kappa shape index (κ1) is 9.80. The summed E-state index contributed by atoms with van der Waals surface area (Å²) in [6.45, 7) is 3.03. The highest BCUT2D eigenvalue weighted by Crippen LogP contribution is 2.32. The lowest BCUT2D eigenvalue weighted by atomic mass is 10.0. The van der Waals surface area contributed by atoms with Crippen LogP contribution in [0.3, 0.4) is 0 Å². The first-order chi connectivity index (χ1) is 5.41. The zero-order chi connectivity index (χ0) is 9.35. The van der Waals surface area contributed by atoms with E-state index in [4.69, 9.17) is 4.74 Å². The van der Waals surface area contributed by atoms with Crippen LogP contribution < -0.4 is 0 Å². The molecule has 1 heterocycles. The zero-order valence-electron chi connectivity index (χ0n) is 6.89. The molecule has 0 N–H and O–H groups in total. The Kier molecular flexibility index (Phi) is 2.63. The molecule has 0 aromatic rings. The topological polar surface area (TPSA) is 18.5 Å². The van der Waals surface area contributed by atoms with E-state index in [0.717, 1.165) is 0 Å². The summed E-state index contributed by atoms with van der Waals surface area (Å²) >= 11 is 0. The van der Waals surface area contributed by atoms with Crippen LogP contribution in [-0.4, -0.2) is 25.2 Å². The lowest BCUT2D eigenvalue weighted by Crippen LogP contribution is -2.46. The molecule has 0 aromatic heterocycles. The number of hydrogen-bond acceptors (Lipinski definition) is 2. The van der Waals surface area contributed by atoms with Crippen molar-refractivity contribution in [3.63, 3.8) is 0 Å². The number of halogens is 3. The average molecular weight is 184 g/mol. The van der Waals surface area contributed by atoms with Crippen LogP contribution in [-0.2, 0) is 9.47 Å². The summed E-state index contributed by atoms with van der Waals surface area (Å²) in [5, 5.41) is 0. The molecule has 0 aromatic carbocycles. The van der Waals surface area contributed by atoms with E-state index >= 15 is 0 Å². The minimum atomic E-state index is -4.28. The fourth-order valence-corrected chi connectivity index (χ4v) is 1.15. The van der Waals surface area contributed by atoms with E-state index in [2.05, 4.69) is 4.74 Å². The molecule has 12 heavy (non-hydrogen) atoms. The van der Waals surface area contributed by atoms with Gasteiger partial charge in [-0.1, -0.05) is 6.92 Å². The summed E-state index contributed by atoms with van der Waals surface area (Å²) in [5.41, 5.74) is 0. The Morgan fingerprint density at radius 2 is 1.83 bits per heavy atom. The molecule has 0 aliphatic carbocycles. The summed E-state index contributed by atoms with van der Waals surface area (Å²) in [6, 6.07) is 0. The van der Waals surface area contributed by atoms with Gasteiger partial charge < -0.3 is 9.47 Å². The maximum absolute atomic E-state index is 12.2. The summed E-state index contributed by atoms with van der Waals surface area (Å²) in [7, 11) is 0. The second-order valence-electron chi connectivity index (χ2n) is 2.98. The third-order valence-electron chi connectivity index (χ3n) is 1.77. The Bertz CT molecular complexity index is 157. The molecule has 1 rings (SSSR count). The van der Waals surface area contributed by atoms with Crippen LogP contribution in [0, 0.1) is 5.92 Å². The highest BCUT2D eigenvalue weighted by atomic mass is 19.4. The van der Waals surface area contributed by atoms with Crippen LogP contribution in [0.25, 0.3) is 0 Å². The Morgan fingerprint density at radius 1 is 1.25 bits per heavy atom. The molecular formula is C7H11F3O2. The van der Waals surface area contributed by atoms with Crippen LogP contribution in [0.1, 0.15) is 13.8 Å².